The molecule has 1 aliphatic heterocycles. The van der Waals surface area contributed by atoms with Gasteiger partial charge in [0.05, 0.1) is 10.6 Å². The zero-order chi connectivity index (χ0) is 15.0. The number of aryl methyl sites for hydroxylation is 1. The minimum absolute atomic E-state index is 0.202. The first-order valence-electron chi connectivity index (χ1n) is 7.63. The van der Waals surface area contributed by atoms with E-state index in [0.29, 0.717) is 23.7 Å². The summed E-state index contributed by atoms with van der Waals surface area (Å²) in [6.07, 6.45) is 5.45. The second kappa shape index (κ2) is 5.69. The Morgan fingerprint density at radius 1 is 1.43 bits per heavy atom. The Morgan fingerprint density at radius 3 is 2.86 bits per heavy atom. The molecular formula is C15H22N4O2. The maximum atomic E-state index is 11.1. The van der Waals surface area contributed by atoms with Gasteiger partial charge in [0.25, 0.3) is 5.69 Å². The molecule has 1 N–H and O–H groups in total. The third-order valence-corrected chi connectivity index (χ3v) is 4.60. The van der Waals surface area contributed by atoms with E-state index in [-0.39, 0.29) is 10.6 Å². The molecule has 1 atom stereocenters. The van der Waals surface area contributed by atoms with E-state index >= 15 is 0 Å². The number of aromatic nitrogens is 1. The lowest BCUT2D eigenvalue weighted by molar-refractivity contribution is -0.386. The number of pyridine rings is 1. The van der Waals surface area contributed by atoms with Crippen molar-refractivity contribution in [2.45, 2.75) is 51.7 Å². The van der Waals surface area contributed by atoms with Gasteiger partial charge in [-0.25, -0.2) is 0 Å². The van der Waals surface area contributed by atoms with Crippen LogP contribution in [0.2, 0.25) is 0 Å². The predicted octanol–water partition coefficient (Wildman–Crippen LogP) is 1.93. The molecule has 1 aromatic rings. The highest BCUT2D eigenvalue weighted by molar-refractivity contribution is 5.47. The number of nitro groups is 1. The van der Waals surface area contributed by atoms with Crippen molar-refractivity contribution in [3.63, 3.8) is 0 Å². The molecule has 0 aromatic carbocycles. The van der Waals surface area contributed by atoms with Crippen molar-refractivity contribution in [3.05, 3.63) is 33.1 Å². The van der Waals surface area contributed by atoms with Gasteiger partial charge in [-0.1, -0.05) is 0 Å². The highest BCUT2D eigenvalue weighted by Gasteiger charge is 2.34. The van der Waals surface area contributed by atoms with E-state index < -0.39 is 0 Å². The normalized spacial score (nSPS) is 22.7. The van der Waals surface area contributed by atoms with Crippen LogP contribution in [0.3, 0.4) is 0 Å². The molecule has 1 saturated heterocycles. The van der Waals surface area contributed by atoms with Gasteiger partial charge in [-0.15, -0.1) is 0 Å². The molecular weight excluding hydrogens is 268 g/mol. The molecule has 6 heteroatoms. The summed E-state index contributed by atoms with van der Waals surface area (Å²) in [5.41, 5.74) is 2.30. The average Bonchev–Trinajstić information content (AvgIpc) is 3.17. The molecule has 2 fully saturated rings. The zero-order valence-corrected chi connectivity index (χ0v) is 12.6. The van der Waals surface area contributed by atoms with Crippen LogP contribution in [0.15, 0.2) is 6.20 Å². The first-order valence-corrected chi connectivity index (χ1v) is 7.63. The number of rotatable bonds is 5. The molecule has 0 amide bonds. The first-order chi connectivity index (χ1) is 10.1. The van der Waals surface area contributed by atoms with Gasteiger partial charge in [-0.2, -0.15) is 0 Å². The molecule has 0 spiro atoms. The summed E-state index contributed by atoms with van der Waals surface area (Å²) in [5.74, 6) is 0. The highest BCUT2D eigenvalue weighted by Crippen LogP contribution is 2.30. The quantitative estimate of drug-likeness (QED) is 0.663. The van der Waals surface area contributed by atoms with E-state index in [1.165, 1.54) is 19.4 Å². The summed E-state index contributed by atoms with van der Waals surface area (Å²) < 4.78 is 0. The maximum absolute atomic E-state index is 11.1. The summed E-state index contributed by atoms with van der Waals surface area (Å²) in [4.78, 5) is 17.7. The van der Waals surface area contributed by atoms with Crippen LogP contribution in [-0.2, 0) is 6.54 Å². The zero-order valence-electron chi connectivity index (χ0n) is 12.6. The largest absolute Gasteiger partial charge is 0.307 e. The molecule has 0 bridgehead atoms. The molecule has 2 aliphatic rings. The van der Waals surface area contributed by atoms with Crippen molar-refractivity contribution in [2.75, 3.05) is 13.1 Å². The molecule has 1 aliphatic carbocycles. The second-order valence-corrected chi connectivity index (χ2v) is 6.21. The smallest absolute Gasteiger partial charge is 0.278 e. The van der Waals surface area contributed by atoms with Crippen molar-refractivity contribution in [1.82, 2.24) is 15.2 Å². The van der Waals surface area contributed by atoms with Crippen LogP contribution in [0, 0.1) is 24.0 Å². The van der Waals surface area contributed by atoms with Gasteiger partial charge in [0.2, 0.25) is 0 Å². The lowest BCUT2D eigenvalue weighted by atomic mass is 10.1. The van der Waals surface area contributed by atoms with Crippen LogP contribution in [0.4, 0.5) is 5.69 Å². The molecule has 1 saturated carbocycles. The highest BCUT2D eigenvalue weighted by atomic mass is 16.6. The van der Waals surface area contributed by atoms with Gasteiger partial charge >= 0.3 is 0 Å². The van der Waals surface area contributed by atoms with Crippen molar-refractivity contribution in [3.8, 4) is 0 Å². The monoisotopic (exact) mass is 290 g/mol. The third-order valence-electron chi connectivity index (χ3n) is 4.60. The van der Waals surface area contributed by atoms with Gasteiger partial charge in [-0.3, -0.25) is 20.0 Å². The molecule has 6 nitrogen and oxygen atoms in total. The minimum Gasteiger partial charge on any atom is -0.307 e. The first kappa shape index (κ1) is 14.4. The van der Waals surface area contributed by atoms with Crippen LogP contribution in [0.1, 0.15) is 36.1 Å². The molecule has 114 valence electrons. The van der Waals surface area contributed by atoms with Crippen molar-refractivity contribution >= 4 is 5.69 Å². The van der Waals surface area contributed by atoms with E-state index in [9.17, 15) is 10.1 Å². The van der Waals surface area contributed by atoms with Crippen molar-refractivity contribution in [1.29, 1.82) is 0 Å². The Hall–Kier alpha value is -1.53. The summed E-state index contributed by atoms with van der Waals surface area (Å²) in [7, 11) is 0. The Kier molecular flexibility index (Phi) is 3.91. The van der Waals surface area contributed by atoms with E-state index in [2.05, 4.69) is 15.2 Å². The van der Waals surface area contributed by atoms with E-state index in [1.807, 2.05) is 0 Å². The number of nitrogens with zero attached hydrogens (tertiary/aromatic N) is 3. The van der Waals surface area contributed by atoms with Crippen LogP contribution in [0.25, 0.3) is 0 Å². The van der Waals surface area contributed by atoms with Crippen LogP contribution >= 0.6 is 0 Å². The van der Waals surface area contributed by atoms with Crippen molar-refractivity contribution in [2.24, 2.45) is 0 Å². The number of nitrogens with one attached hydrogen (secondary N) is 1. The average molecular weight is 290 g/mol. The Balaban J connectivity index is 1.63. The van der Waals surface area contributed by atoms with Gasteiger partial charge in [0, 0.05) is 49.0 Å². The molecule has 2 heterocycles. The molecule has 1 aromatic heterocycles. The molecule has 3 rings (SSSR count). The van der Waals surface area contributed by atoms with Crippen LogP contribution in [0.5, 0.6) is 0 Å². The molecule has 0 radical (unpaired) electrons. The fourth-order valence-electron chi connectivity index (χ4n) is 3.19. The SMILES string of the molecule is Cc1cnc(CNC2CCN(C3CC3)C2)c(C)c1[N+](=O)[O-]. The lowest BCUT2D eigenvalue weighted by Gasteiger charge is -2.16. The van der Waals surface area contributed by atoms with Gasteiger partial charge in [0.15, 0.2) is 0 Å². The molecule has 21 heavy (non-hydrogen) atoms. The minimum atomic E-state index is -0.305. The van der Waals surface area contributed by atoms with Crippen LogP contribution in [-0.4, -0.2) is 40.0 Å². The number of likely N-dealkylation sites (tertiary alicyclic amines) is 1. The summed E-state index contributed by atoms with van der Waals surface area (Å²) in [5, 5.41) is 14.6. The van der Waals surface area contributed by atoms with Crippen LogP contribution < -0.4 is 5.32 Å². The lowest BCUT2D eigenvalue weighted by Crippen LogP contribution is -2.33. The fourth-order valence-corrected chi connectivity index (χ4v) is 3.19. The summed E-state index contributed by atoms with van der Waals surface area (Å²) in [6.45, 7) is 6.40. The maximum Gasteiger partial charge on any atom is 0.278 e. The Morgan fingerprint density at radius 2 is 2.19 bits per heavy atom. The van der Waals surface area contributed by atoms with E-state index in [4.69, 9.17) is 0 Å². The molecule has 1 unspecified atom stereocenters. The van der Waals surface area contributed by atoms with Crippen molar-refractivity contribution < 1.29 is 4.92 Å². The predicted molar refractivity (Wildman–Crippen MR) is 80.2 cm³/mol. The fraction of sp³-hybridized carbons (Fsp3) is 0.667. The second-order valence-electron chi connectivity index (χ2n) is 6.21. The number of hydrogen-bond donors (Lipinski definition) is 1. The van der Waals surface area contributed by atoms with Gasteiger partial charge in [0.1, 0.15) is 0 Å². The van der Waals surface area contributed by atoms with Gasteiger partial charge < -0.3 is 5.32 Å². The topological polar surface area (TPSA) is 71.3 Å². The van der Waals surface area contributed by atoms with Gasteiger partial charge in [-0.05, 0) is 33.1 Å². The van der Waals surface area contributed by atoms with E-state index in [0.717, 1.165) is 24.7 Å². The summed E-state index contributed by atoms with van der Waals surface area (Å²) in [6, 6.07) is 1.30. The number of hydrogen-bond acceptors (Lipinski definition) is 5. The summed E-state index contributed by atoms with van der Waals surface area (Å²) >= 11 is 0. The Labute approximate surface area is 124 Å². The standard InChI is InChI=1S/C15H22N4O2/c1-10-7-17-14(11(2)15(10)19(20)21)8-16-12-5-6-18(9-12)13-3-4-13/h7,12-13,16H,3-6,8-9H2,1-2H3. The van der Waals surface area contributed by atoms with E-state index in [1.54, 1.807) is 20.0 Å². The Bertz CT molecular complexity index is 557. The third kappa shape index (κ3) is 3.06.